The van der Waals surface area contributed by atoms with Gasteiger partial charge in [-0.05, 0) is 42.5 Å². The van der Waals surface area contributed by atoms with Crippen LogP contribution in [0, 0.1) is 11.3 Å². The number of carbonyl (C=O) groups is 1. The number of carbonyl (C=O) groups excluding carboxylic acids is 1. The molecule has 0 spiro atoms. The molecule has 0 aliphatic carbocycles. The Morgan fingerprint density at radius 2 is 1.96 bits per heavy atom. The monoisotopic (exact) mass is 324 g/mol. The van der Waals surface area contributed by atoms with Crippen LogP contribution in [0.15, 0.2) is 52.9 Å². The van der Waals surface area contributed by atoms with Crippen LogP contribution >= 0.6 is 11.6 Å². The number of rotatable bonds is 3. The molecule has 112 valence electrons. The number of aromatic nitrogens is 2. The number of hydrogen-bond acceptors (Lipinski definition) is 5. The van der Waals surface area contributed by atoms with Gasteiger partial charge in [-0.15, -0.1) is 10.2 Å². The standard InChI is InChI=1S/C16H9ClN4O2/c17-12-3-1-2-11(8-12)15-20-21-16(23-15)14(22)19-13-6-4-10(9-18)5-7-13/h1-8H,(H,19,22). The third-order valence-electron chi connectivity index (χ3n) is 2.96. The van der Waals surface area contributed by atoms with Crippen molar-refractivity contribution in [3.05, 3.63) is 65.0 Å². The molecule has 1 amide bonds. The van der Waals surface area contributed by atoms with Gasteiger partial charge in [0.2, 0.25) is 5.89 Å². The number of anilines is 1. The van der Waals surface area contributed by atoms with Crippen molar-refractivity contribution in [2.45, 2.75) is 0 Å². The molecule has 0 bridgehead atoms. The van der Waals surface area contributed by atoms with E-state index >= 15 is 0 Å². The summed E-state index contributed by atoms with van der Waals surface area (Å²) in [5, 5.41) is 19.5. The van der Waals surface area contributed by atoms with Crippen LogP contribution in [0.3, 0.4) is 0 Å². The van der Waals surface area contributed by atoms with Crippen LogP contribution < -0.4 is 5.32 Å². The van der Waals surface area contributed by atoms with E-state index in [9.17, 15) is 4.79 Å². The van der Waals surface area contributed by atoms with Crippen LogP contribution in [0.1, 0.15) is 16.2 Å². The third-order valence-corrected chi connectivity index (χ3v) is 3.20. The van der Waals surface area contributed by atoms with Crippen molar-refractivity contribution >= 4 is 23.2 Å². The van der Waals surface area contributed by atoms with Gasteiger partial charge in [0.1, 0.15) is 0 Å². The number of hydrogen-bond donors (Lipinski definition) is 1. The summed E-state index contributed by atoms with van der Waals surface area (Å²) in [6.07, 6.45) is 0. The van der Waals surface area contributed by atoms with Crippen molar-refractivity contribution in [1.29, 1.82) is 5.26 Å². The van der Waals surface area contributed by atoms with Gasteiger partial charge in [0.25, 0.3) is 0 Å². The summed E-state index contributed by atoms with van der Waals surface area (Å²) in [6, 6.07) is 15.3. The summed E-state index contributed by atoms with van der Waals surface area (Å²) in [5.74, 6) is -0.489. The molecular weight excluding hydrogens is 316 g/mol. The molecule has 0 saturated heterocycles. The Kier molecular flexibility index (Phi) is 4.04. The quantitative estimate of drug-likeness (QED) is 0.795. The van der Waals surface area contributed by atoms with Crippen LogP contribution in [0.4, 0.5) is 5.69 Å². The second-order valence-electron chi connectivity index (χ2n) is 4.57. The highest BCUT2D eigenvalue weighted by Crippen LogP contribution is 2.21. The van der Waals surface area contributed by atoms with Gasteiger partial charge in [-0.25, -0.2) is 0 Å². The number of nitriles is 1. The average molecular weight is 325 g/mol. The molecule has 1 N–H and O–H groups in total. The van der Waals surface area contributed by atoms with E-state index in [4.69, 9.17) is 21.3 Å². The number of nitrogens with one attached hydrogen (secondary N) is 1. The Labute approximate surface area is 136 Å². The molecule has 7 heteroatoms. The summed E-state index contributed by atoms with van der Waals surface area (Å²) in [6.45, 7) is 0. The smallest absolute Gasteiger partial charge is 0.313 e. The zero-order valence-electron chi connectivity index (χ0n) is 11.7. The van der Waals surface area contributed by atoms with E-state index in [1.807, 2.05) is 6.07 Å². The molecule has 0 aliphatic rings. The van der Waals surface area contributed by atoms with E-state index in [0.717, 1.165) is 0 Å². The van der Waals surface area contributed by atoms with Crippen LogP contribution in [0.25, 0.3) is 11.5 Å². The topological polar surface area (TPSA) is 91.8 Å². The molecule has 0 radical (unpaired) electrons. The predicted molar refractivity (Wildman–Crippen MR) is 83.9 cm³/mol. The molecule has 23 heavy (non-hydrogen) atoms. The Hall–Kier alpha value is -3.17. The molecule has 3 aromatic rings. The highest BCUT2D eigenvalue weighted by atomic mass is 35.5. The minimum atomic E-state index is -0.532. The second-order valence-corrected chi connectivity index (χ2v) is 5.00. The molecule has 3 rings (SSSR count). The second kappa shape index (κ2) is 6.30. The molecule has 0 fully saturated rings. The van der Waals surface area contributed by atoms with Crippen molar-refractivity contribution in [3.8, 4) is 17.5 Å². The summed E-state index contributed by atoms with van der Waals surface area (Å²) in [4.78, 5) is 12.1. The first-order valence-corrected chi connectivity index (χ1v) is 6.94. The van der Waals surface area contributed by atoms with Gasteiger partial charge in [0, 0.05) is 16.3 Å². The van der Waals surface area contributed by atoms with Crippen LogP contribution in [-0.4, -0.2) is 16.1 Å². The molecular formula is C16H9ClN4O2. The zero-order chi connectivity index (χ0) is 16.2. The fourth-order valence-corrected chi connectivity index (χ4v) is 2.06. The van der Waals surface area contributed by atoms with E-state index in [1.165, 1.54) is 0 Å². The minimum absolute atomic E-state index is 0.163. The molecule has 1 heterocycles. The Bertz CT molecular complexity index is 897. The molecule has 0 unspecified atom stereocenters. The Morgan fingerprint density at radius 1 is 1.17 bits per heavy atom. The van der Waals surface area contributed by atoms with Gasteiger partial charge in [-0.3, -0.25) is 4.79 Å². The van der Waals surface area contributed by atoms with Crippen molar-refractivity contribution < 1.29 is 9.21 Å². The lowest BCUT2D eigenvalue weighted by atomic mass is 10.2. The fourth-order valence-electron chi connectivity index (χ4n) is 1.87. The third kappa shape index (κ3) is 3.36. The van der Waals surface area contributed by atoms with E-state index in [1.54, 1.807) is 48.5 Å². The highest BCUT2D eigenvalue weighted by molar-refractivity contribution is 6.30. The van der Waals surface area contributed by atoms with Gasteiger partial charge in [-0.2, -0.15) is 5.26 Å². The van der Waals surface area contributed by atoms with Crippen molar-refractivity contribution in [2.75, 3.05) is 5.32 Å². The van der Waals surface area contributed by atoms with Gasteiger partial charge < -0.3 is 9.73 Å². The maximum absolute atomic E-state index is 12.1. The van der Waals surface area contributed by atoms with Crippen molar-refractivity contribution in [2.24, 2.45) is 0 Å². The summed E-state index contributed by atoms with van der Waals surface area (Å²) >= 11 is 5.90. The van der Waals surface area contributed by atoms with E-state index < -0.39 is 5.91 Å². The van der Waals surface area contributed by atoms with Crippen molar-refractivity contribution in [3.63, 3.8) is 0 Å². The van der Waals surface area contributed by atoms with E-state index in [0.29, 0.717) is 21.8 Å². The molecule has 6 nitrogen and oxygen atoms in total. The minimum Gasteiger partial charge on any atom is -0.412 e. The van der Waals surface area contributed by atoms with E-state index in [2.05, 4.69) is 15.5 Å². The number of benzene rings is 2. The summed E-state index contributed by atoms with van der Waals surface area (Å²) in [5.41, 5.74) is 1.66. The van der Waals surface area contributed by atoms with Crippen molar-refractivity contribution in [1.82, 2.24) is 10.2 Å². The lowest BCUT2D eigenvalue weighted by molar-refractivity contribution is 0.0991. The van der Waals surface area contributed by atoms with Gasteiger partial charge in [-0.1, -0.05) is 17.7 Å². The zero-order valence-corrected chi connectivity index (χ0v) is 12.4. The van der Waals surface area contributed by atoms with Gasteiger partial charge >= 0.3 is 11.8 Å². The number of halogens is 1. The first-order valence-electron chi connectivity index (χ1n) is 6.56. The first kappa shape index (κ1) is 14.8. The molecule has 0 atom stereocenters. The van der Waals surface area contributed by atoms with Crippen LogP contribution in [0.5, 0.6) is 0 Å². The Balaban J connectivity index is 1.77. The molecule has 1 aromatic heterocycles. The SMILES string of the molecule is N#Cc1ccc(NC(=O)c2nnc(-c3cccc(Cl)c3)o2)cc1. The maximum atomic E-state index is 12.1. The molecule has 0 saturated carbocycles. The largest absolute Gasteiger partial charge is 0.412 e. The Morgan fingerprint density at radius 3 is 2.65 bits per heavy atom. The first-order chi connectivity index (χ1) is 11.2. The van der Waals surface area contributed by atoms with Crippen LogP contribution in [0.2, 0.25) is 5.02 Å². The highest BCUT2D eigenvalue weighted by Gasteiger charge is 2.16. The predicted octanol–water partition coefficient (Wildman–Crippen LogP) is 3.51. The maximum Gasteiger partial charge on any atom is 0.313 e. The fraction of sp³-hybridized carbons (Fsp3) is 0. The van der Waals surface area contributed by atoms with E-state index in [-0.39, 0.29) is 11.8 Å². The number of amides is 1. The lowest BCUT2D eigenvalue weighted by Crippen LogP contribution is -2.12. The summed E-state index contributed by atoms with van der Waals surface area (Å²) in [7, 11) is 0. The van der Waals surface area contributed by atoms with Gasteiger partial charge in [0.05, 0.1) is 11.6 Å². The number of nitrogens with zero attached hydrogens (tertiary/aromatic N) is 3. The summed E-state index contributed by atoms with van der Waals surface area (Å²) < 4.78 is 5.36. The molecule has 2 aromatic carbocycles. The lowest BCUT2D eigenvalue weighted by Gasteiger charge is -2.01. The van der Waals surface area contributed by atoms with Crippen LogP contribution in [-0.2, 0) is 0 Å². The normalized spacial score (nSPS) is 10.1. The van der Waals surface area contributed by atoms with Gasteiger partial charge in [0.15, 0.2) is 0 Å². The average Bonchev–Trinajstić information content (AvgIpc) is 3.06. The molecule has 0 aliphatic heterocycles.